The van der Waals surface area contributed by atoms with Gasteiger partial charge in [-0.05, 0) is 46.0 Å². The summed E-state index contributed by atoms with van der Waals surface area (Å²) >= 11 is 3.47. The predicted octanol–water partition coefficient (Wildman–Crippen LogP) is 2.79. The lowest BCUT2D eigenvalue weighted by atomic mass is 9.72. The zero-order valence-electron chi connectivity index (χ0n) is 17.6. The molecule has 1 saturated carbocycles. The number of aliphatic carboxylic acids is 1. The average molecular weight is 495 g/mol. The first-order chi connectivity index (χ1) is 14.8. The van der Waals surface area contributed by atoms with Gasteiger partial charge in [0, 0.05) is 6.04 Å². The number of nitrogens with one attached hydrogen (secondary N) is 2. The molecule has 8 nitrogen and oxygen atoms in total. The summed E-state index contributed by atoms with van der Waals surface area (Å²) in [5.41, 5.74) is -0.830. The largest absolute Gasteiger partial charge is 0.493 e. The summed E-state index contributed by atoms with van der Waals surface area (Å²) in [5.74, 6) is -2.65. The van der Waals surface area contributed by atoms with Gasteiger partial charge < -0.3 is 14.6 Å². The van der Waals surface area contributed by atoms with Crippen molar-refractivity contribution in [3.63, 3.8) is 0 Å². The van der Waals surface area contributed by atoms with Crippen LogP contribution in [0.25, 0.3) is 0 Å². The molecule has 9 heteroatoms. The summed E-state index contributed by atoms with van der Waals surface area (Å²) in [6, 6.07) is 2.87. The molecule has 0 spiro atoms. The molecule has 2 aliphatic heterocycles. The number of methoxy groups -OCH3 is 2. The van der Waals surface area contributed by atoms with Crippen molar-refractivity contribution in [2.45, 2.75) is 50.1 Å². The molecule has 2 amide bonds. The molecule has 0 radical (unpaired) electrons. The SMILES string of the molecule is COc1cc(C2NC(CC3CCCCC3)(C(=O)O)C3C(=O)NC(=O)C23)cc(Br)c1OC. The Morgan fingerprint density at radius 1 is 1.16 bits per heavy atom. The van der Waals surface area contributed by atoms with Crippen LogP contribution in [0.1, 0.15) is 50.1 Å². The number of carbonyl (C=O) groups is 3. The van der Waals surface area contributed by atoms with E-state index in [9.17, 15) is 19.5 Å². The van der Waals surface area contributed by atoms with E-state index in [1.165, 1.54) is 14.2 Å². The fraction of sp³-hybridized carbons (Fsp3) is 0.591. The third kappa shape index (κ3) is 3.61. The Balaban J connectivity index is 1.78. The first-order valence-electron chi connectivity index (χ1n) is 10.6. The lowest BCUT2D eigenvalue weighted by molar-refractivity contribution is -0.150. The van der Waals surface area contributed by atoms with Crippen LogP contribution in [0.2, 0.25) is 0 Å². The number of carbonyl (C=O) groups excluding carboxylic acids is 2. The van der Waals surface area contributed by atoms with Gasteiger partial charge >= 0.3 is 5.97 Å². The fourth-order valence-electron chi connectivity index (χ4n) is 5.65. The highest BCUT2D eigenvalue weighted by Gasteiger charge is 2.66. The Kier molecular flexibility index (Phi) is 6.00. The number of carboxylic acids is 1. The van der Waals surface area contributed by atoms with Crippen molar-refractivity contribution in [2.24, 2.45) is 17.8 Å². The Morgan fingerprint density at radius 3 is 2.48 bits per heavy atom. The van der Waals surface area contributed by atoms with E-state index in [1.54, 1.807) is 12.1 Å². The van der Waals surface area contributed by atoms with Crippen LogP contribution in [0.5, 0.6) is 11.5 Å². The van der Waals surface area contributed by atoms with Gasteiger partial charge in [-0.3, -0.25) is 25.0 Å². The van der Waals surface area contributed by atoms with Crippen molar-refractivity contribution in [1.29, 1.82) is 0 Å². The summed E-state index contributed by atoms with van der Waals surface area (Å²) in [6.45, 7) is 0. The Labute approximate surface area is 189 Å². The summed E-state index contributed by atoms with van der Waals surface area (Å²) in [5, 5.41) is 16.0. The van der Waals surface area contributed by atoms with Gasteiger partial charge in [0.2, 0.25) is 11.8 Å². The monoisotopic (exact) mass is 494 g/mol. The second kappa shape index (κ2) is 8.43. The number of benzene rings is 1. The number of halogens is 1. The van der Waals surface area contributed by atoms with Gasteiger partial charge in [-0.1, -0.05) is 32.1 Å². The molecular weight excluding hydrogens is 468 g/mol. The normalized spacial score (nSPS) is 30.7. The van der Waals surface area contributed by atoms with Crippen LogP contribution in [-0.2, 0) is 14.4 Å². The van der Waals surface area contributed by atoms with Crippen molar-refractivity contribution in [3.8, 4) is 11.5 Å². The van der Waals surface area contributed by atoms with Crippen LogP contribution < -0.4 is 20.1 Å². The molecule has 2 heterocycles. The van der Waals surface area contributed by atoms with Gasteiger partial charge in [-0.2, -0.15) is 0 Å². The van der Waals surface area contributed by atoms with Gasteiger partial charge in [0.25, 0.3) is 0 Å². The Hall–Kier alpha value is -2.13. The second-order valence-electron chi connectivity index (χ2n) is 8.70. The smallest absolute Gasteiger partial charge is 0.324 e. The van der Waals surface area contributed by atoms with Crippen LogP contribution >= 0.6 is 15.9 Å². The summed E-state index contributed by atoms with van der Waals surface area (Å²) in [6.07, 6.45) is 5.48. The van der Waals surface area contributed by atoms with Gasteiger partial charge in [-0.25, -0.2) is 0 Å². The molecule has 168 valence electrons. The molecule has 0 aromatic heterocycles. The zero-order chi connectivity index (χ0) is 22.3. The zero-order valence-corrected chi connectivity index (χ0v) is 19.2. The molecule has 1 aromatic rings. The molecule has 3 aliphatic rings. The third-order valence-electron chi connectivity index (χ3n) is 7.03. The van der Waals surface area contributed by atoms with Crippen molar-refractivity contribution >= 4 is 33.7 Å². The molecular formula is C22H27BrN2O6. The lowest BCUT2D eigenvalue weighted by Gasteiger charge is -2.35. The van der Waals surface area contributed by atoms with Crippen LogP contribution in [0, 0.1) is 17.8 Å². The van der Waals surface area contributed by atoms with E-state index in [-0.39, 0.29) is 5.92 Å². The van der Waals surface area contributed by atoms with Crippen molar-refractivity contribution < 1.29 is 29.0 Å². The topological polar surface area (TPSA) is 114 Å². The summed E-state index contributed by atoms with van der Waals surface area (Å²) < 4.78 is 11.4. The first kappa shape index (κ1) is 22.1. The van der Waals surface area contributed by atoms with E-state index >= 15 is 0 Å². The van der Waals surface area contributed by atoms with Crippen molar-refractivity contribution in [2.75, 3.05) is 14.2 Å². The highest BCUT2D eigenvalue weighted by molar-refractivity contribution is 9.10. The fourth-order valence-corrected chi connectivity index (χ4v) is 6.27. The summed E-state index contributed by atoms with van der Waals surface area (Å²) in [4.78, 5) is 38.2. The highest BCUT2D eigenvalue weighted by atomic mass is 79.9. The van der Waals surface area contributed by atoms with Gasteiger partial charge in [-0.15, -0.1) is 0 Å². The Bertz CT molecular complexity index is 916. The van der Waals surface area contributed by atoms with E-state index in [0.717, 1.165) is 32.1 Å². The van der Waals surface area contributed by atoms with Crippen molar-refractivity contribution in [1.82, 2.24) is 10.6 Å². The highest BCUT2D eigenvalue weighted by Crippen LogP contribution is 2.51. The third-order valence-corrected chi connectivity index (χ3v) is 7.61. The predicted molar refractivity (Wildman–Crippen MR) is 115 cm³/mol. The molecule has 0 bridgehead atoms. The minimum absolute atomic E-state index is 0.206. The molecule has 3 fully saturated rings. The number of imide groups is 1. The van der Waals surface area contributed by atoms with E-state index in [2.05, 4.69) is 26.6 Å². The molecule has 2 saturated heterocycles. The maximum absolute atomic E-state index is 12.8. The number of hydrogen-bond donors (Lipinski definition) is 3. The van der Waals surface area contributed by atoms with Crippen molar-refractivity contribution in [3.05, 3.63) is 22.2 Å². The number of hydrogen-bond acceptors (Lipinski definition) is 6. The standard InChI is InChI=1S/C22H27BrN2O6/c1-30-14-9-12(8-13(23)18(14)31-2)17-15-16(20(27)24-19(15)26)22(25-17,21(28)29)10-11-6-4-3-5-7-11/h8-9,11,15-17,25H,3-7,10H2,1-2H3,(H,28,29)(H,24,26,27). The molecule has 1 aromatic carbocycles. The number of ether oxygens (including phenoxy) is 2. The van der Waals surface area contributed by atoms with Crippen LogP contribution in [0.3, 0.4) is 0 Å². The maximum atomic E-state index is 12.8. The number of amides is 2. The molecule has 4 unspecified atom stereocenters. The van der Waals surface area contributed by atoms with Crippen LogP contribution in [0.4, 0.5) is 0 Å². The lowest BCUT2D eigenvalue weighted by Crippen LogP contribution is -2.56. The summed E-state index contributed by atoms with van der Waals surface area (Å²) in [7, 11) is 3.03. The van der Waals surface area contributed by atoms with Gasteiger partial charge in [0.1, 0.15) is 5.54 Å². The number of rotatable bonds is 6. The second-order valence-corrected chi connectivity index (χ2v) is 9.56. The molecule has 4 atom stereocenters. The van der Waals surface area contributed by atoms with E-state index < -0.39 is 41.2 Å². The number of carboxylic acid groups (broad SMARTS) is 1. The quantitative estimate of drug-likeness (QED) is 0.520. The minimum atomic E-state index is -1.49. The maximum Gasteiger partial charge on any atom is 0.324 e. The molecule has 31 heavy (non-hydrogen) atoms. The Morgan fingerprint density at radius 2 is 1.87 bits per heavy atom. The average Bonchev–Trinajstić information content (AvgIpc) is 3.25. The van der Waals surface area contributed by atoms with Gasteiger partial charge in [0.05, 0.1) is 30.5 Å². The molecule has 3 N–H and O–H groups in total. The van der Waals surface area contributed by atoms with E-state index in [4.69, 9.17) is 9.47 Å². The molecule has 1 aliphatic carbocycles. The van der Waals surface area contributed by atoms with E-state index in [1.807, 2.05) is 0 Å². The first-order valence-corrected chi connectivity index (χ1v) is 11.4. The van der Waals surface area contributed by atoms with Gasteiger partial charge in [0.15, 0.2) is 11.5 Å². The molecule has 4 rings (SSSR count). The van der Waals surface area contributed by atoms with Crippen LogP contribution in [0.15, 0.2) is 16.6 Å². The van der Waals surface area contributed by atoms with Crippen LogP contribution in [-0.4, -0.2) is 42.6 Å². The number of fused-ring (bicyclic) bond motifs is 1. The van der Waals surface area contributed by atoms with E-state index in [0.29, 0.717) is 28.0 Å². The minimum Gasteiger partial charge on any atom is -0.493 e.